The summed E-state index contributed by atoms with van der Waals surface area (Å²) in [4.78, 5) is 0. The summed E-state index contributed by atoms with van der Waals surface area (Å²) < 4.78 is 20.6. The smallest absolute Gasteiger partial charge is 0.126 e. The first kappa shape index (κ1) is 22.3. The van der Waals surface area contributed by atoms with Crippen LogP contribution in [0.5, 0.6) is 5.75 Å². The van der Waals surface area contributed by atoms with Crippen molar-refractivity contribution in [3.8, 4) is 5.75 Å². The van der Waals surface area contributed by atoms with Crippen LogP contribution in [0.1, 0.15) is 101 Å². The first-order valence-corrected chi connectivity index (χ1v) is 11.9. The van der Waals surface area contributed by atoms with Crippen molar-refractivity contribution < 1.29 is 9.13 Å². The number of piperidine rings is 1. The lowest BCUT2D eigenvalue weighted by molar-refractivity contribution is 0.160. The minimum atomic E-state index is -0.00622. The number of ether oxygens (including phenoxy) is 1. The van der Waals surface area contributed by atoms with Gasteiger partial charge in [-0.15, -0.1) is 0 Å². The SMILES string of the molecule is COc1ccc(C2CCC(c3ccc(C4CC(C)(C)NC(C)(C)C4)c(F)c3)CC2)cc1. The average molecular weight is 424 g/mol. The zero-order valence-electron chi connectivity index (χ0n) is 19.8. The fourth-order valence-corrected chi connectivity index (χ4v) is 6.31. The van der Waals surface area contributed by atoms with Gasteiger partial charge in [0.2, 0.25) is 0 Å². The fraction of sp³-hybridized carbons (Fsp3) is 0.571. The second-order valence-electron chi connectivity index (χ2n) is 11.1. The van der Waals surface area contributed by atoms with Gasteiger partial charge in [0.25, 0.3) is 0 Å². The third-order valence-corrected chi connectivity index (χ3v) is 7.44. The van der Waals surface area contributed by atoms with Gasteiger partial charge in [-0.3, -0.25) is 0 Å². The lowest BCUT2D eigenvalue weighted by Gasteiger charge is -2.46. The summed E-state index contributed by atoms with van der Waals surface area (Å²) in [5.41, 5.74) is 3.53. The third kappa shape index (κ3) is 5.14. The Hall–Kier alpha value is -1.87. The molecule has 1 saturated heterocycles. The molecule has 0 amide bonds. The largest absolute Gasteiger partial charge is 0.497 e. The van der Waals surface area contributed by atoms with Crippen LogP contribution in [-0.4, -0.2) is 18.2 Å². The molecule has 168 valence electrons. The van der Waals surface area contributed by atoms with Crippen LogP contribution < -0.4 is 10.1 Å². The van der Waals surface area contributed by atoms with Crippen LogP contribution in [0.15, 0.2) is 42.5 Å². The van der Waals surface area contributed by atoms with Crippen LogP contribution in [0.4, 0.5) is 4.39 Å². The van der Waals surface area contributed by atoms with Crippen LogP contribution in [0.25, 0.3) is 0 Å². The first-order valence-electron chi connectivity index (χ1n) is 11.9. The number of benzene rings is 2. The van der Waals surface area contributed by atoms with E-state index in [4.69, 9.17) is 4.74 Å². The molecule has 4 rings (SSSR count). The van der Waals surface area contributed by atoms with Crippen molar-refractivity contribution >= 4 is 0 Å². The molecular weight excluding hydrogens is 385 g/mol. The minimum Gasteiger partial charge on any atom is -0.497 e. The zero-order valence-corrected chi connectivity index (χ0v) is 19.8. The first-order chi connectivity index (χ1) is 14.7. The quantitative estimate of drug-likeness (QED) is 0.557. The molecule has 1 N–H and O–H groups in total. The Morgan fingerprint density at radius 3 is 1.81 bits per heavy atom. The molecule has 0 aromatic heterocycles. The Kier molecular flexibility index (Phi) is 6.18. The molecule has 1 saturated carbocycles. The lowest BCUT2D eigenvalue weighted by atomic mass is 9.72. The summed E-state index contributed by atoms with van der Waals surface area (Å²) in [5.74, 6) is 2.25. The van der Waals surface area contributed by atoms with Crippen LogP contribution in [-0.2, 0) is 0 Å². The van der Waals surface area contributed by atoms with Gasteiger partial charge < -0.3 is 10.1 Å². The van der Waals surface area contributed by atoms with Crippen molar-refractivity contribution in [2.24, 2.45) is 0 Å². The van der Waals surface area contributed by atoms with E-state index in [1.165, 1.54) is 11.1 Å². The Morgan fingerprint density at radius 1 is 0.774 bits per heavy atom. The molecular formula is C28H38FNO. The maximum atomic E-state index is 15.3. The van der Waals surface area contributed by atoms with E-state index >= 15 is 4.39 Å². The van der Waals surface area contributed by atoms with Crippen LogP contribution in [0.3, 0.4) is 0 Å². The number of methoxy groups -OCH3 is 1. The van der Waals surface area contributed by atoms with E-state index in [1.807, 2.05) is 6.07 Å². The van der Waals surface area contributed by atoms with Crippen molar-refractivity contribution in [1.29, 1.82) is 0 Å². The molecule has 2 aliphatic rings. The molecule has 3 heteroatoms. The molecule has 1 aliphatic heterocycles. The van der Waals surface area contributed by atoms with Gasteiger partial charge in [-0.2, -0.15) is 0 Å². The van der Waals surface area contributed by atoms with Gasteiger partial charge in [0.05, 0.1) is 7.11 Å². The van der Waals surface area contributed by atoms with Crippen molar-refractivity contribution in [3.63, 3.8) is 0 Å². The Labute approximate surface area is 187 Å². The standard InChI is InChI=1S/C28H38FNO/c1-27(2)17-23(18-28(3,4)30-27)25-15-12-22(16-26(25)29)21-8-6-19(7-9-21)20-10-13-24(31-5)14-11-20/h10-16,19,21,23,30H,6-9,17-18H2,1-5H3. The van der Waals surface area contributed by atoms with Gasteiger partial charge in [-0.25, -0.2) is 4.39 Å². The van der Waals surface area contributed by atoms with E-state index in [2.05, 4.69) is 69.4 Å². The van der Waals surface area contributed by atoms with E-state index in [9.17, 15) is 0 Å². The molecule has 2 aromatic rings. The molecule has 2 fully saturated rings. The highest BCUT2D eigenvalue weighted by atomic mass is 19.1. The number of halogens is 1. The molecule has 2 nitrogen and oxygen atoms in total. The number of hydrogen-bond acceptors (Lipinski definition) is 2. The Morgan fingerprint density at radius 2 is 1.29 bits per heavy atom. The summed E-state index contributed by atoms with van der Waals surface area (Å²) in [7, 11) is 1.71. The Balaban J connectivity index is 1.43. The molecule has 2 aromatic carbocycles. The van der Waals surface area contributed by atoms with E-state index < -0.39 is 0 Å². The molecule has 1 heterocycles. The molecule has 0 unspecified atom stereocenters. The molecule has 1 aliphatic carbocycles. The highest BCUT2D eigenvalue weighted by Gasteiger charge is 2.39. The fourth-order valence-electron chi connectivity index (χ4n) is 6.31. The van der Waals surface area contributed by atoms with Crippen molar-refractivity contribution in [2.45, 2.75) is 95.1 Å². The Bertz CT molecular complexity index is 878. The molecule has 0 radical (unpaired) electrons. The predicted octanol–water partition coefficient (Wildman–Crippen LogP) is 7.30. The van der Waals surface area contributed by atoms with Crippen molar-refractivity contribution in [2.75, 3.05) is 7.11 Å². The summed E-state index contributed by atoms with van der Waals surface area (Å²) >= 11 is 0. The minimum absolute atomic E-state index is 0.00622. The average Bonchev–Trinajstić information content (AvgIpc) is 2.71. The normalized spacial score (nSPS) is 25.9. The highest BCUT2D eigenvalue weighted by Crippen LogP contribution is 2.43. The van der Waals surface area contributed by atoms with Gasteiger partial charge in [-0.1, -0.05) is 24.3 Å². The number of nitrogens with one attached hydrogen (secondary N) is 1. The maximum Gasteiger partial charge on any atom is 0.126 e. The van der Waals surface area contributed by atoms with Gasteiger partial charge >= 0.3 is 0 Å². The van der Waals surface area contributed by atoms with Crippen LogP contribution in [0, 0.1) is 5.82 Å². The maximum absolute atomic E-state index is 15.3. The van der Waals surface area contributed by atoms with Crippen molar-refractivity contribution in [3.05, 3.63) is 65.0 Å². The predicted molar refractivity (Wildman–Crippen MR) is 127 cm³/mol. The van der Waals surface area contributed by atoms with E-state index in [0.29, 0.717) is 11.8 Å². The number of rotatable bonds is 4. The lowest BCUT2D eigenvalue weighted by Crippen LogP contribution is -2.57. The number of hydrogen-bond donors (Lipinski definition) is 1. The van der Waals surface area contributed by atoms with Crippen LogP contribution >= 0.6 is 0 Å². The van der Waals surface area contributed by atoms with Gasteiger partial charge in [0.1, 0.15) is 11.6 Å². The van der Waals surface area contributed by atoms with Gasteiger partial charge in [0, 0.05) is 11.1 Å². The monoisotopic (exact) mass is 423 g/mol. The second kappa shape index (κ2) is 8.58. The van der Waals surface area contributed by atoms with E-state index in [0.717, 1.165) is 49.8 Å². The van der Waals surface area contributed by atoms with E-state index in [-0.39, 0.29) is 22.8 Å². The molecule has 0 atom stereocenters. The van der Waals surface area contributed by atoms with E-state index in [1.54, 1.807) is 7.11 Å². The van der Waals surface area contributed by atoms with Gasteiger partial charge in [-0.05, 0) is 119 Å². The third-order valence-electron chi connectivity index (χ3n) is 7.44. The molecule has 0 spiro atoms. The molecule has 0 bridgehead atoms. The topological polar surface area (TPSA) is 21.3 Å². The zero-order chi connectivity index (χ0) is 22.2. The summed E-state index contributed by atoms with van der Waals surface area (Å²) in [6, 6.07) is 14.6. The summed E-state index contributed by atoms with van der Waals surface area (Å²) in [5, 5.41) is 3.71. The van der Waals surface area contributed by atoms with Gasteiger partial charge in [0.15, 0.2) is 0 Å². The van der Waals surface area contributed by atoms with Crippen molar-refractivity contribution in [1.82, 2.24) is 5.32 Å². The highest BCUT2D eigenvalue weighted by molar-refractivity contribution is 5.33. The summed E-state index contributed by atoms with van der Waals surface area (Å²) in [6.07, 6.45) is 6.53. The molecule has 31 heavy (non-hydrogen) atoms. The summed E-state index contributed by atoms with van der Waals surface area (Å²) in [6.45, 7) is 8.92. The van der Waals surface area contributed by atoms with Crippen LogP contribution in [0.2, 0.25) is 0 Å². The second-order valence-corrected chi connectivity index (χ2v) is 11.1.